The van der Waals surface area contributed by atoms with E-state index < -0.39 is 0 Å². The van der Waals surface area contributed by atoms with E-state index in [4.69, 9.17) is 11.6 Å². The minimum absolute atomic E-state index is 0.0288. The number of nitrogens with one attached hydrogen (secondary N) is 2. The molecule has 0 unspecified atom stereocenters. The smallest absolute Gasteiger partial charge is 0.315 e. The van der Waals surface area contributed by atoms with Gasteiger partial charge in [0.15, 0.2) is 0 Å². The predicted molar refractivity (Wildman–Crippen MR) is 76.4 cm³/mol. The van der Waals surface area contributed by atoms with Crippen molar-refractivity contribution in [1.82, 2.24) is 20.2 Å². The Morgan fingerprint density at radius 2 is 2.42 bits per heavy atom. The lowest BCUT2D eigenvalue weighted by Crippen LogP contribution is -2.42. The van der Waals surface area contributed by atoms with Gasteiger partial charge in [-0.15, -0.1) is 11.3 Å². The highest BCUT2D eigenvalue weighted by Crippen LogP contribution is 2.20. The number of thiophene rings is 1. The molecule has 0 aliphatic rings. The summed E-state index contributed by atoms with van der Waals surface area (Å²) in [6, 6.07) is 3.57. The van der Waals surface area contributed by atoms with Crippen molar-refractivity contribution >= 4 is 29.0 Å². The maximum absolute atomic E-state index is 11.7. The van der Waals surface area contributed by atoms with E-state index in [1.807, 2.05) is 29.8 Å². The molecule has 19 heavy (non-hydrogen) atoms. The normalized spacial score (nSPS) is 12.1. The van der Waals surface area contributed by atoms with Crippen molar-refractivity contribution in [2.24, 2.45) is 0 Å². The summed E-state index contributed by atoms with van der Waals surface area (Å²) in [6.07, 6.45) is 5.31. The second-order valence-corrected chi connectivity index (χ2v) is 5.99. The van der Waals surface area contributed by atoms with Gasteiger partial charge in [-0.2, -0.15) is 0 Å². The third-order valence-electron chi connectivity index (χ3n) is 2.47. The second-order valence-electron chi connectivity index (χ2n) is 4.19. The fraction of sp³-hybridized carbons (Fsp3) is 0.333. The lowest BCUT2D eigenvalue weighted by molar-refractivity contribution is 0.236. The number of carbonyl (C=O) groups is 1. The van der Waals surface area contributed by atoms with Crippen LogP contribution in [0.4, 0.5) is 4.79 Å². The van der Waals surface area contributed by atoms with E-state index in [1.165, 1.54) is 11.3 Å². The number of hydrogen-bond acceptors (Lipinski definition) is 3. The van der Waals surface area contributed by atoms with Gasteiger partial charge in [-0.05, 0) is 19.1 Å². The molecule has 0 aromatic carbocycles. The monoisotopic (exact) mass is 298 g/mol. The van der Waals surface area contributed by atoms with Crippen molar-refractivity contribution < 1.29 is 4.79 Å². The Kier molecular flexibility index (Phi) is 4.81. The molecular weight excluding hydrogens is 284 g/mol. The quantitative estimate of drug-likeness (QED) is 0.891. The molecule has 0 radical (unpaired) electrons. The number of hydrogen-bond donors (Lipinski definition) is 2. The van der Waals surface area contributed by atoms with Crippen LogP contribution < -0.4 is 10.6 Å². The van der Waals surface area contributed by atoms with Crippen molar-refractivity contribution in [2.75, 3.05) is 0 Å². The third-order valence-corrected chi connectivity index (χ3v) is 3.70. The van der Waals surface area contributed by atoms with Gasteiger partial charge in [-0.3, -0.25) is 0 Å². The Balaban J connectivity index is 1.71. The van der Waals surface area contributed by atoms with Crippen LogP contribution in [0.2, 0.25) is 4.34 Å². The summed E-state index contributed by atoms with van der Waals surface area (Å²) in [7, 11) is 0. The number of imidazole rings is 1. The van der Waals surface area contributed by atoms with Crippen molar-refractivity contribution in [3.8, 4) is 0 Å². The number of aromatic nitrogens is 2. The molecule has 0 spiro atoms. The zero-order chi connectivity index (χ0) is 13.7. The van der Waals surface area contributed by atoms with E-state index in [0.29, 0.717) is 13.1 Å². The van der Waals surface area contributed by atoms with Crippen molar-refractivity contribution in [1.29, 1.82) is 0 Å². The van der Waals surface area contributed by atoms with E-state index in [0.717, 1.165) is 9.21 Å². The van der Waals surface area contributed by atoms with Crippen LogP contribution in [-0.2, 0) is 13.1 Å². The molecule has 102 valence electrons. The van der Waals surface area contributed by atoms with Gasteiger partial charge in [0.1, 0.15) is 0 Å². The first-order chi connectivity index (χ1) is 9.13. The standard InChI is InChI=1S/C12H15ClN4OS/c1-9(7-17-5-4-14-8-17)16-12(18)15-6-10-2-3-11(13)19-10/h2-5,8-9H,6-7H2,1H3,(H2,15,16,18)/t9-/m1/s1. The molecule has 2 N–H and O–H groups in total. The van der Waals surface area contributed by atoms with Crippen molar-refractivity contribution in [3.05, 3.63) is 40.1 Å². The summed E-state index contributed by atoms with van der Waals surface area (Å²) in [5, 5.41) is 5.67. The zero-order valence-electron chi connectivity index (χ0n) is 10.5. The highest BCUT2D eigenvalue weighted by molar-refractivity contribution is 7.16. The van der Waals surface area contributed by atoms with Gasteiger partial charge in [-0.25, -0.2) is 9.78 Å². The number of rotatable bonds is 5. The van der Waals surface area contributed by atoms with E-state index in [2.05, 4.69) is 15.6 Å². The van der Waals surface area contributed by atoms with Gasteiger partial charge in [-0.1, -0.05) is 11.6 Å². The molecule has 2 rings (SSSR count). The molecule has 1 atom stereocenters. The van der Waals surface area contributed by atoms with Crippen LogP contribution in [0, 0.1) is 0 Å². The molecule has 0 saturated carbocycles. The van der Waals surface area contributed by atoms with Crippen LogP contribution in [-0.4, -0.2) is 21.6 Å². The molecule has 7 heteroatoms. The summed E-state index contributed by atoms with van der Waals surface area (Å²) >= 11 is 7.28. The Morgan fingerprint density at radius 1 is 1.58 bits per heavy atom. The summed E-state index contributed by atoms with van der Waals surface area (Å²) in [5.74, 6) is 0. The van der Waals surface area contributed by atoms with Crippen LogP contribution in [0.25, 0.3) is 0 Å². The Morgan fingerprint density at radius 3 is 3.05 bits per heavy atom. The molecule has 2 amide bonds. The highest BCUT2D eigenvalue weighted by Gasteiger charge is 2.07. The SMILES string of the molecule is C[C@H](Cn1ccnc1)NC(=O)NCc1ccc(Cl)s1. The minimum Gasteiger partial charge on any atom is -0.335 e. The Hall–Kier alpha value is -1.53. The van der Waals surface area contributed by atoms with Crippen molar-refractivity contribution in [2.45, 2.75) is 26.1 Å². The number of urea groups is 1. The summed E-state index contributed by atoms with van der Waals surface area (Å²) < 4.78 is 2.65. The van der Waals surface area contributed by atoms with Gasteiger partial charge in [0, 0.05) is 29.9 Å². The Bertz CT molecular complexity index is 526. The van der Waals surface area contributed by atoms with Crippen LogP contribution in [0.1, 0.15) is 11.8 Å². The molecule has 0 aliphatic heterocycles. The largest absolute Gasteiger partial charge is 0.335 e. The van der Waals surface area contributed by atoms with Crippen LogP contribution >= 0.6 is 22.9 Å². The maximum Gasteiger partial charge on any atom is 0.315 e. The minimum atomic E-state index is -0.183. The molecule has 0 saturated heterocycles. The third kappa shape index (κ3) is 4.57. The topological polar surface area (TPSA) is 59.0 Å². The summed E-state index contributed by atoms with van der Waals surface area (Å²) in [6.45, 7) is 3.13. The average molecular weight is 299 g/mol. The second kappa shape index (κ2) is 6.58. The van der Waals surface area contributed by atoms with E-state index >= 15 is 0 Å². The molecule has 2 aromatic heterocycles. The average Bonchev–Trinajstić information content (AvgIpc) is 2.98. The molecule has 0 aliphatic carbocycles. The molecule has 0 fully saturated rings. The molecule has 0 bridgehead atoms. The van der Waals surface area contributed by atoms with Gasteiger partial charge >= 0.3 is 6.03 Å². The first kappa shape index (κ1) is 13.9. The van der Waals surface area contributed by atoms with Gasteiger partial charge in [0.05, 0.1) is 17.2 Å². The maximum atomic E-state index is 11.7. The molecule has 5 nitrogen and oxygen atoms in total. The van der Waals surface area contributed by atoms with Crippen molar-refractivity contribution in [3.63, 3.8) is 0 Å². The molecule has 2 aromatic rings. The van der Waals surface area contributed by atoms with Crippen LogP contribution in [0.3, 0.4) is 0 Å². The van der Waals surface area contributed by atoms with Gasteiger partial charge in [0.25, 0.3) is 0 Å². The van der Waals surface area contributed by atoms with Crippen LogP contribution in [0.15, 0.2) is 30.9 Å². The first-order valence-corrected chi connectivity index (χ1v) is 7.07. The zero-order valence-corrected chi connectivity index (χ0v) is 12.0. The fourth-order valence-electron chi connectivity index (χ4n) is 1.65. The van der Waals surface area contributed by atoms with Gasteiger partial charge in [0.2, 0.25) is 0 Å². The van der Waals surface area contributed by atoms with E-state index in [1.54, 1.807) is 12.5 Å². The van der Waals surface area contributed by atoms with E-state index in [-0.39, 0.29) is 12.1 Å². The lowest BCUT2D eigenvalue weighted by atomic mass is 10.3. The molecule has 2 heterocycles. The highest BCUT2D eigenvalue weighted by atomic mass is 35.5. The number of nitrogens with zero attached hydrogens (tertiary/aromatic N) is 2. The molecular formula is C12H15ClN4OS. The number of halogens is 1. The van der Waals surface area contributed by atoms with E-state index in [9.17, 15) is 4.79 Å². The number of carbonyl (C=O) groups excluding carboxylic acids is 1. The predicted octanol–water partition coefficient (Wildman–Crippen LogP) is 2.49. The first-order valence-electron chi connectivity index (χ1n) is 5.88. The Labute approximate surface area is 120 Å². The summed E-state index contributed by atoms with van der Waals surface area (Å²) in [5.41, 5.74) is 0. The van der Waals surface area contributed by atoms with Crippen LogP contribution in [0.5, 0.6) is 0 Å². The fourth-order valence-corrected chi connectivity index (χ4v) is 2.67. The van der Waals surface area contributed by atoms with Gasteiger partial charge < -0.3 is 15.2 Å². The summed E-state index contributed by atoms with van der Waals surface area (Å²) in [4.78, 5) is 16.7. The lowest BCUT2D eigenvalue weighted by Gasteiger charge is -2.14. The number of amides is 2.